The molecule has 1 aliphatic heterocycles. The van der Waals surface area contributed by atoms with Gasteiger partial charge >= 0.3 is 0 Å². The van der Waals surface area contributed by atoms with Crippen LogP contribution in [0.25, 0.3) is 27.7 Å². The molecule has 0 amide bonds. The van der Waals surface area contributed by atoms with Crippen LogP contribution in [0.15, 0.2) is 55.1 Å². The summed E-state index contributed by atoms with van der Waals surface area (Å²) >= 11 is 0. The van der Waals surface area contributed by atoms with Gasteiger partial charge in [0, 0.05) is 36.3 Å². The van der Waals surface area contributed by atoms with Gasteiger partial charge in [-0.1, -0.05) is 53.2 Å². The zero-order valence-corrected chi connectivity index (χ0v) is 24.3. The standard InChI is InChI=1S/C20H18FN5O.C9H18.C2H4O.CH4.H2O/c1-12-9-25(10-12)13-7-23-20-16(8-24-26(20)11-13)14-3-4-22-18-6-17(21)19(27-2)5-15(14)18;1-4-6-8-9(3)7-5-2;1-2-3;;/h3-8,11-12H,9-10H2,1-2H3;3-8H2,1-2H3;2H,1H3;1H4;1H2. The molecule has 4 heterocycles. The molecule has 1 aliphatic rings. The van der Waals surface area contributed by atoms with Crippen LogP contribution in [0.5, 0.6) is 5.75 Å². The van der Waals surface area contributed by atoms with E-state index in [2.05, 4.69) is 47.3 Å². The SMILES string of the molecule is C.C=C(CCC)CCCC.CC=O.COc1cc2c(-c3cnn4cc(N5CC(C)C5)cnc34)ccnc2cc1F.O. The van der Waals surface area contributed by atoms with Gasteiger partial charge in [0.1, 0.15) is 6.29 Å². The van der Waals surface area contributed by atoms with E-state index in [1.165, 1.54) is 57.8 Å². The molecule has 1 saturated heterocycles. The summed E-state index contributed by atoms with van der Waals surface area (Å²) in [6.45, 7) is 14.2. The Morgan fingerprint density at radius 3 is 2.46 bits per heavy atom. The van der Waals surface area contributed by atoms with Crippen molar-refractivity contribution in [1.29, 1.82) is 0 Å². The molecule has 9 heteroatoms. The van der Waals surface area contributed by atoms with Gasteiger partial charge in [0.25, 0.3) is 0 Å². The maximum absolute atomic E-state index is 14.0. The number of nitrogens with zero attached hydrogens (tertiary/aromatic N) is 5. The Kier molecular flexibility index (Phi) is 14.6. The maximum atomic E-state index is 14.0. The fourth-order valence-corrected chi connectivity index (χ4v) is 4.57. The van der Waals surface area contributed by atoms with E-state index in [1.54, 1.807) is 23.0 Å². The highest BCUT2D eigenvalue weighted by Gasteiger charge is 2.24. The van der Waals surface area contributed by atoms with Gasteiger partial charge in [-0.05, 0) is 49.8 Å². The zero-order chi connectivity index (χ0) is 28.4. The number of aromatic nitrogens is 4. The molecule has 0 radical (unpaired) electrons. The Hall–Kier alpha value is -3.85. The minimum Gasteiger partial charge on any atom is -0.494 e. The van der Waals surface area contributed by atoms with Crippen molar-refractivity contribution in [2.45, 2.75) is 67.2 Å². The number of ether oxygens (including phenoxy) is 1. The predicted molar refractivity (Wildman–Crippen MR) is 167 cm³/mol. The van der Waals surface area contributed by atoms with Crippen molar-refractivity contribution < 1.29 is 19.4 Å². The van der Waals surface area contributed by atoms with E-state index in [9.17, 15) is 4.39 Å². The van der Waals surface area contributed by atoms with E-state index in [1.807, 2.05) is 18.5 Å². The molecular formula is C32H46FN5O3. The molecule has 41 heavy (non-hydrogen) atoms. The number of fused-ring (bicyclic) bond motifs is 2. The Labute approximate surface area is 243 Å². The first kappa shape index (κ1) is 35.2. The molecule has 0 aliphatic carbocycles. The van der Waals surface area contributed by atoms with Gasteiger partial charge < -0.3 is 19.9 Å². The average molecular weight is 568 g/mol. The summed E-state index contributed by atoms with van der Waals surface area (Å²) in [4.78, 5) is 20.0. The summed E-state index contributed by atoms with van der Waals surface area (Å²) in [5.74, 6) is 0.476. The molecule has 0 saturated carbocycles. The van der Waals surface area contributed by atoms with Crippen LogP contribution in [0.2, 0.25) is 0 Å². The van der Waals surface area contributed by atoms with Crippen LogP contribution >= 0.6 is 0 Å². The number of aldehydes is 1. The first-order valence-electron chi connectivity index (χ1n) is 13.6. The molecule has 4 aromatic rings. The molecule has 0 unspecified atom stereocenters. The van der Waals surface area contributed by atoms with Crippen molar-refractivity contribution >= 4 is 28.5 Å². The second-order valence-electron chi connectivity index (χ2n) is 9.85. The number of carbonyl (C=O) groups is 1. The fourth-order valence-electron chi connectivity index (χ4n) is 4.57. The van der Waals surface area contributed by atoms with Gasteiger partial charge in [-0.15, -0.1) is 0 Å². The highest BCUT2D eigenvalue weighted by molar-refractivity contribution is 5.98. The number of hydrogen-bond donors (Lipinski definition) is 0. The molecule has 8 nitrogen and oxygen atoms in total. The number of allylic oxidation sites excluding steroid dienone is 1. The lowest BCUT2D eigenvalue weighted by atomic mass is 10.0. The largest absolute Gasteiger partial charge is 0.494 e. The van der Waals surface area contributed by atoms with Gasteiger partial charge in [-0.25, -0.2) is 13.9 Å². The van der Waals surface area contributed by atoms with E-state index < -0.39 is 5.82 Å². The van der Waals surface area contributed by atoms with E-state index in [-0.39, 0.29) is 18.7 Å². The van der Waals surface area contributed by atoms with Crippen LogP contribution in [0, 0.1) is 11.7 Å². The van der Waals surface area contributed by atoms with Gasteiger partial charge in [0.05, 0.1) is 36.9 Å². The number of anilines is 1. The summed E-state index contributed by atoms with van der Waals surface area (Å²) in [5, 5.41) is 5.28. The average Bonchev–Trinajstić information content (AvgIpc) is 3.33. The van der Waals surface area contributed by atoms with E-state index in [0.29, 0.717) is 11.4 Å². The smallest absolute Gasteiger partial charge is 0.167 e. The van der Waals surface area contributed by atoms with Crippen LogP contribution in [0.1, 0.15) is 67.2 Å². The normalized spacial score (nSPS) is 12.1. The molecule has 0 spiro atoms. The lowest BCUT2D eigenvalue weighted by Crippen LogP contribution is -2.45. The quantitative estimate of drug-likeness (QED) is 0.166. The number of pyridine rings is 1. The third-order valence-electron chi connectivity index (χ3n) is 6.56. The third kappa shape index (κ3) is 8.82. The topological polar surface area (TPSA) is 104 Å². The summed E-state index contributed by atoms with van der Waals surface area (Å²) in [7, 11) is 1.45. The van der Waals surface area contributed by atoms with Crippen molar-refractivity contribution in [2.75, 3.05) is 25.1 Å². The third-order valence-corrected chi connectivity index (χ3v) is 6.56. The lowest BCUT2D eigenvalue weighted by molar-refractivity contribution is -0.106. The Bertz CT molecular complexity index is 1400. The van der Waals surface area contributed by atoms with Crippen LogP contribution in [0.3, 0.4) is 0 Å². The molecule has 5 rings (SSSR count). The van der Waals surface area contributed by atoms with Crippen molar-refractivity contribution in [3.8, 4) is 16.9 Å². The molecule has 224 valence electrons. The number of unbranched alkanes of at least 4 members (excludes halogenated alkanes) is 1. The first-order valence-corrected chi connectivity index (χ1v) is 13.6. The van der Waals surface area contributed by atoms with Crippen LogP contribution in [-0.4, -0.2) is 51.5 Å². The van der Waals surface area contributed by atoms with Crippen LogP contribution in [0.4, 0.5) is 10.1 Å². The van der Waals surface area contributed by atoms with Crippen LogP contribution in [-0.2, 0) is 4.79 Å². The molecule has 1 fully saturated rings. The zero-order valence-electron chi connectivity index (χ0n) is 24.3. The van der Waals surface area contributed by atoms with Crippen molar-refractivity contribution in [3.05, 3.63) is 61.0 Å². The first-order chi connectivity index (χ1) is 18.9. The molecule has 0 bridgehead atoms. The minimum absolute atomic E-state index is 0. The minimum atomic E-state index is -0.430. The predicted octanol–water partition coefficient (Wildman–Crippen LogP) is 7.10. The Morgan fingerprint density at radius 2 is 1.85 bits per heavy atom. The number of benzene rings is 1. The Morgan fingerprint density at radius 1 is 1.15 bits per heavy atom. The molecule has 3 aromatic heterocycles. The van der Waals surface area contributed by atoms with Crippen LogP contribution < -0.4 is 9.64 Å². The number of carbonyl (C=O) groups excluding carboxylic acids is 1. The molecular weight excluding hydrogens is 521 g/mol. The Balaban J connectivity index is 0.000000516. The van der Waals surface area contributed by atoms with Gasteiger partial charge in [0.15, 0.2) is 17.2 Å². The second-order valence-corrected chi connectivity index (χ2v) is 9.85. The van der Waals surface area contributed by atoms with Gasteiger partial charge in [-0.2, -0.15) is 5.10 Å². The van der Waals surface area contributed by atoms with Crippen molar-refractivity contribution in [3.63, 3.8) is 0 Å². The van der Waals surface area contributed by atoms with E-state index in [0.717, 1.165) is 47.2 Å². The lowest BCUT2D eigenvalue weighted by Gasteiger charge is -2.38. The van der Waals surface area contributed by atoms with Gasteiger partial charge in [0.2, 0.25) is 0 Å². The fraction of sp³-hybridized carbons (Fsp3) is 0.438. The van der Waals surface area contributed by atoms with Crippen molar-refractivity contribution in [1.82, 2.24) is 19.6 Å². The molecule has 0 atom stereocenters. The number of methoxy groups -OCH3 is 1. The number of rotatable bonds is 8. The number of hydrogen-bond acceptors (Lipinski definition) is 6. The maximum Gasteiger partial charge on any atom is 0.167 e. The number of halogens is 1. The summed E-state index contributed by atoms with van der Waals surface area (Å²) in [5.41, 5.74) is 5.59. The monoisotopic (exact) mass is 567 g/mol. The van der Waals surface area contributed by atoms with Gasteiger partial charge in [-0.3, -0.25) is 4.98 Å². The highest BCUT2D eigenvalue weighted by atomic mass is 19.1. The van der Waals surface area contributed by atoms with Crippen molar-refractivity contribution in [2.24, 2.45) is 5.92 Å². The van der Waals surface area contributed by atoms with E-state index in [4.69, 9.17) is 9.53 Å². The second kappa shape index (κ2) is 17.1. The highest BCUT2D eigenvalue weighted by Crippen LogP contribution is 2.34. The van der Waals surface area contributed by atoms with E-state index >= 15 is 0 Å². The summed E-state index contributed by atoms with van der Waals surface area (Å²) in [6.07, 6.45) is 14.4. The molecule has 1 aromatic carbocycles. The summed E-state index contributed by atoms with van der Waals surface area (Å²) in [6, 6.07) is 4.95. The molecule has 2 N–H and O–H groups in total. The summed E-state index contributed by atoms with van der Waals surface area (Å²) < 4.78 is 21.0.